The molecule has 0 aliphatic carbocycles. The van der Waals surface area contributed by atoms with Crippen molar-refractivity contribution in [3.8, 4) is 0 Å². The molecule has 1 N–H and O–H groups in total. The Morgan fingerprint density at radius 3 is 2.25 bits per heavy atom. The van der Waals surface area contributed by atoms with Crippen LogP contribution in [0.2, 0.25) is 0 Å². The van der Waals surface area contributed by atoms with E-state index in [2.05, 4.69) is 17.1 Å². The van der Waals surface area contributed by atoms with Gasteiger partial charge in [0.15, 0.2) is 0 Å². The molecule has 0 amide bonds. The van der Waals surface area contributed by atoms with Crippen LogP contribution in [0.5, 0.6) is 0 Å². The second-order valence-corrected chi connectivity index (χ2v) is 7.10. The van der Waals surface area contributed by atoms with Gasteiger partial charge in [-0.15, -0.1) is 0 Å². The van der Waals surface area contributed by atoms with Gasteiger partial charge < -0.3 is 10.2 Å². The molecular weight excluding hydrogens is 274 g/mol. The number of piperazine rings is 1. The SMILES string of the molecule is CCCNc1ccc(S(=O)(=O)N2CCN(C)CC2)cc1. The first-order valence-electron chi connectivity index (χ1n) is 7.06. The maximum absolute atomic E-state index is 12.5. The Morgan fingerprint density at radius 2 is 1.70 bits per heavy atom. The van der Waals surface area contributed by atoms with Crippen molar-refractivity contribution >= 4 is 15.7 Å². The fourth-order valence-electron chi connectivity index (χ4n) is 2.19. The molecule has 0 radical (unpaired) electrons. The van der Waals surface area contributed by atoms with Crippen LogP contribution in [-0.4, -0.2) is 57.4 Å². The third-order valence-corrected chi connectivity index (χ3v) is 5.45. The first kappa shape index (κ1) is 15.3. The molecule has 1 saturated heterocycles. The maximum atomic E-state index is 12.5. The fourth-order valence-corrected chi connectivity index (χ4v) is 3.61. The summed E-state index contributed by atoms with van der Waals surface area (Å²) in [6.07, 6.45) is 1.04. The summed E-state index contributed by atoms with van der Waals surface area (Å²) in [6, 6.07) is 7.04. The van der Waals surface area contributed by atoms with Gasteiger partial charge in [0.2, 0.25) is 10.0 Å². The number of sulfonamides is 1. The first-order valence-corrected chi connectivity index (χ1v) is 8.50. The Kier molecular flexibility index (Phi) is 5.01. The van der Waals surface area contributed by atoms with Crippen molar-refractivity contribution in [3.63, 3.8) is 0 Å². The van der Waals surface area contributed by atoms with Crippen LogP contribution < -0.4 is 5.32 Å². The summed E-state index contributed by atoms with van der Waals surface area (Å²) in [5, 5.41) is 3.24. The highest BCUT2D eigenvalue weighted by molar-refractivity contribution is 7.89. The monoisotopic (exact) mass is 297 g/mol. The van der Waals surface area contributed by atoms with E-state index in [0.29, 0.717) is 18.0 Å². The number of benzene rings is 1. The van der Waals surface area contributed by atoms with E-state index in [1.807, 2.05) is 19.2 Å². The quantitative estimate of drug-likeness (QED) is 0.893. The average Bonchev–Trinajstić information content (AvgIpc) is 2.46. The number of nitrogens with zero attached hydrogens (tertiary/aromatic N) is 2. The van der Waals surface area contributed by atoms with Crippen LogP contribution in [0.4, 0.5) is 5.69 Å². The van der Waals surface area contributed by atoms with Gasteiger partial charge in [-0.2, -0.15) is 4.31 Å². The molecule has 0 aromatic heterocycles. The Hall–Kier alpha value is -1.11. The molecule has 2 rings (SSSR count). The molecule has 112 valence electrons. The highest BCUT2D eigenvalue weighted by Gasteiger charge is 2.27. The Bertz CT molecular complexity index is 520. The lowest BCUT2D eigenvalue weighted by molar-refractivity contribution is 0.222. The largest absolute Gasteiger partial charge is 0.385 e. The predicted molar refractivity (Wildman–Crippen MR) is 81.5 cm³/mol. The van der Waals surface area contributed by atoms with Crippen LogP contribution in [-0.2, 0) is 10.0 Å². The van der Waals surface area contributed by atoms with E-state index in [9.17, 15) is 8.42 Å². The minimum Gasteiger partial charge on any atom is -0.385 e. The standard InChI is InChI=1S/C14H23N3O2S/c1-3-8-15-13-4-6-14(7-5-13)20(18,19)17-11-9-16(2)10-12-17/h4-7,15H,3,8-12H2,1-2H3. The number of anilines is 1. The molecule has 1 aromatic carbocycles. The molecule has 5 nitrogen and oxygen atoms in total. The first-order chi connectivity index (χ1) is 9.54. The summed E-state index contributed by atoms with van der Waals surface area (Å²) in [4.78, 5) is 2.52. The van der Waals surface area contributed by atoms with Crippen molar-refractivity contribution in [3.05, 3.63) is 24.3 Å². The molecule has 1 heterocycles. The normalized spacial score (nSPS) is 18.1. The van der Waals surface area contributed by atoms with Gasteiger partial charge in [-0.3, -0.25) is 0 Å². The molecule has 0 saturated carbocycles. The lowest BCUT2D eigenvalue weighted by Gasteiger charge is -2.31. The Balaban J connectivity index is 2.09. The summed E-state index contributed by atoms with van der Waals surface area (Å²) in [5.74, 6) is 0. The van der Waals surface area contributed by atoms with Gasteiger partial charge in [0.1, 0.15) is 0 Å². The van der Waals surface area contributed by atoms with Gasteiger partial charge in [-0.05, 0) is 37.7 Å². The number of nitrogens with one attached hydrogen (secondary N) is 1. The average molecular weight is 297 g/mol. The van der Waals surface area contributed by atoms with E-state index >= 15 is 0 Å². The lowest BCUT2D eigenvalue weighted by atomic mass is 10.3. The molecule has 0 atom stereocenters. The van der Waals surface area contributed by atoms with Crippen LogP contribution in [0.25, 0.3) is 0 Å². The summed E-state index contributed by atoms with van der Waals surface area (Å²) >= 11 is 0. The minimum atomic E-state index is -3.34. The molecular formula is C14H23N3O2S. The molecule has 0 bridgehead atoms. The predicted octanol–water partition coefficient (Wildman–Crippen LogP) is 1.44. The van der Waals surface area contributed by atoms with Gasteiger partial charge in [0.05, 0.1) is 4.90 Å². The van der Waals surface area contributed by atoms with Crippen molar-refractivity contribution in [1.82, 2.24) is 9.21 Å². The molecule has 6 heteroatoms. The van der Waals surface area contributed by atoms with Crippen LogP contribution in [0.1, 0.15) is 13.3 Å². The molecule has 1 aliphatic rings. The zero-order valence-electron chi connectivity index (χ0n) is 12.2. The van der Waals surface area contributed by atoms with Crippen LogP contribution in [0, 0.1) is 0 Å². The van der Waals surface area contributed by atoms with Crippen LogP contribution >= 0.6 is 0 Å². The maximum Gasteiger partial charge on any atom is 0.243 e. The van der Waals surface area contributed by atoms with Crippen molar-refractivity contribution in [2.45, 2.75) is 18.2 Å². The minimum absolute atomic E-state index is 0.379. The zero-order chi connectivity index (χ0) is 14.6. The second-order valence-electron chi connectivity index (χ2n) is 5.16. The van der Waals surface area contributed by atoms with Gasteiger partial charge in [0, 0.05) is 38.4 Å². The number of rotatable bonds is 5. The number of hydrogen-bond acceptors (Lipinski definition) is 4. The highest BCUT2D eigenvalue weighted by atomic mass is 32.2. The van der Waals surface area contributed by atoms with Crippen LogP contribution in [0.15, 0.2) is 29.2 Å². The van der Waals surface area contributed by atoms with Crippen molar-refractivity contribution in [1.29, 1.82) is 0 Å². The summed E-state index contributed by atoms with van der Waals surface area (Å²) in [7, 11) is -1.33. The summed E-state index contributed by atoms with van der Waals surface area (Å²) < 4.78 is 26.6. The topological polar surface area (TPSA) is 52.7 Å². The molecule has 1 fully saturated rings. The molecule has 0 spiro atoms. The second kappa shape index (κ2) is 6.56. The van der Waals surface area contributed by atoms with E-state index in [-0.39, 0.29) is 0 Å². The van der Waals surface area contributed by atoms with E-state index < -0.39 is 10.0 Å². The smallest absolute Gasteiger partial charge is 0.243 e. The van der Waals surface area contributed by atoms with E-state index in [0.717, 1.165) is 31.7 Å². The van der Waals surface area contributed by atoms with Gasteiger partial charge >= 0.3 is 0 Å². The van der Waals surface area contributed by atoms with Crippen molar-refractivity contribution in [2.75, 3.05) is 45.1 Å². The van der Waals surface area contributed by atoms with E-state index in [1.54, 1.807) is 16.4 Å². The van der Waals surface area contributed by atoms with E-state index in [4.69, 9.17) is 0 Å². The van der Waals surface area contributed by atoms with E-state index in [1.165, 1.54) is 0 Å². The third kappa shape index (κ3) is 3.50. The van der Waals surface area contributed by atoms with Crippen molar-refractivity contribution in [2.24, 2.45) is 0 Å². The Labute approximate surface area is 121 Å². The number of hydrogen-bond donors (Lipinski definition) is 1. The summed E-state index contributed by atoms with van der Waals surface area (Å²) in [6.45, 7) is 5.69. The molecule has 1 aromatic rings. The molecule has 0 unspecified atom stereocenters. The van der Waals surface area contributed by atoms with Gasteiger partial charge in [-0.1, -0.05) is 6.92 Å². The van der Waals surface area contributed by atoms with Gasteiger partial charge in [-0.25, -0.2) is 8.42 Å². The third-order valence-electron chi connectivity index (χ3n) is 3.53. The number of likely N-dealkylation sites (N-methyl/N-ethyl adjacent to an activating group) is 1. The molecule has 20 heavy (non-hydrogen) atoms. The Morgan fingerprint density at radius 1 is 1.10 bits per heavy atom. The van der Waals surface area contributed by atoms with Gasteiger partial charge in [0.25, 0.3) is 0 Å². The zero-order valence-corrected chi connectivity index (χ0v) is 13.0. The summed E-state index contributed by atoms with van der Waals surface area (Å²) in [5.41, 5.74) is 0.962. The van der Waals surface area contributed by atoms with Crippen molar-refractivity contribution < 1.29 is 8.42 Å². The lowest BCUT2D eigenvalue weighted by Crippen LogP contribution is -2.46. The highest BCUT2D eigenvalue weighted by Crippen LogP contribution is 2.19. The fraction of sp³-hybridized carbons (Fsp3) is 0.571. The molecule has 1 aliphatic heterocycles. The van der Waals surface area contributed by atoms with Crippen LogP contribution in [0.3, 0.4) is 0 Å².